The zero-order valence-electron chi connectivity index (χ0n) is 12.3. The van der Waals surface area contributed by atoms with Crippen LogP contribution in [0.25, 0.3) is 0 Å². The standard InChI is InChI=1S/C15H14BrN5O2/c1-10(11-5-3-2-4-6-11)18-14(22)15-19-13(20-23-15)9-21-8-12(16)7-17-21/h2-8,10H,9H2,1H3,(H,18,22). The Hall–Kier alpha value is -2.48. The van der Waals surface area contributed by atoms with Crippen LogP contribution < -0.4 is 5.32 Å². The summed E-state index contributed by atoms with van der Waals surface area (Å²) >= 11 is 3.31. The Bertz CT molecular complexity index is 799. The third kappa shape index (κ3) is 3.84. The average molecular weight is 376 g/mol. The molecular weight excluding hydrogens is 362 g/mol. The lowest BCUT2D eigenvalue weighted by Crippen LogP contribution is -2.26. The molecule has 0 fully saturated rings. The summed E-state index contributed by atoms with van der Waals surface area (Å²) < 4.78 is 7.52. The maximum Gasteiger partial charge on any atom is 0.316 e. The fourth-order valence-electron chi connectivity index (χ4n) is 2.06. The van der Waals surface area contributed by atoms with Crippen LogP contribution in [0.15, 0.2) is 51.7 Å². The molecule has 3 aromatic rings. The van der Waals surface area contributed by atoms with Crippen LogP contribution in [0, 0.1) is 0 Å². The van der Waals surface area contributed by atoms with Crippen molar-refractivity contribution < 1.29 is 9.32 Å². The summed E-state index contributed by atoms with van der Waals surface area (Å²) in [5.74, 6) is -0.0751. The normalized spacial score (nSPS) is 12.1. The third-order valence-electron chi connectivity index (χ3n) is 3.21. The molecule has 1 unspecified atom stereocenters. The molecular formula is C15H14BrN5O2. The van der Waals surface area contributed by atoms with Crippen molar-refractivity contribution in [3.8, 4) is 0 Å². The molecule has 0 aliphatic heterocycles. The molecule has 0 bridgehead atoms. The van der Waals surface area contributed by atoms with Gasteiger partial charge in [-0.3, -0.25) is 9.48 Å². The Balaban J connectivity index is 1.64. The van der Waals surface area contributed by atoms with Gasteiger partial charge in [0.1, 0.15) is 6.54 Å². The summed E-state index contributed by atoms with van der Waals surface area (Å²) in [4.78, 5) is 16.3. The highest BCUT2D eigenvalue weighted by Gasteiger charge is 2.18. The van der Waals surface area contributed by atoms with Gasteiger partial charge in [-0.05, 0) is 28.4 Å². The van der Waals surface area contributed by atoms with Crippen LogP contribution in [0.1, 0.15) is 35.0 Å². The molecule has 23 heavy (non-hydrogen) atoms. The number of carbonyl (C=O) groups excluding carboxylic acids is 1. The molecule has 1 atom stereocenters. The topological polar surface area (TPSA) is 85.8 Å². The van der Waals surface area contributed by atoms with Gasteiger partial charge < -0.3 is 9.84 Å². The number of aromatic nitrogens is 4. The van der Waals surface area contributed by atoms with E-state index in [4.69, 9.17) is 4.52 Å². The van der Waals surface area contributed by atoms with Crippen LogP contribution in [0.2, 0.25) is 0 Å². The SMILES string of the molecule is CC(NC(=O)c1nc(Cn2cc(Br)cn2)no1)c1ccccc1. The highest BCUT2D eigenvalue weighted by molar-refractivity contribution is 9.10. The molecule has 0 aliphatic carbocycles. The number of nitrogens with zero attached hydrogens (tertiary/aromatic N) is 4. The fourth-order valence-corrected chi connectivity index (χ4v) is 2.39. The molecule has 0 aliphatic rings. The van der Waals surface area contributed by atoms with Gasteiger partial charge in [-0.2, -0.15) is 10.1 Å². The van der Waals surface area contributed by atoms with Crippen LogP contribution in [-0.2, 0) is 6.54 Å². The van der Waals surface area contributed by atoms with E-state index in [1.54, 1.807) is 17.1 Å². The fraction of sp³-hybridized carbons (Fsp3) is 0.200. The van der Waals surface area contributed by atoms with Gasteiger partial charge in [-0.15, -0.1) is 0 Å². The maximum atomic E-state index is 12.2. The summed E-state index contributed by atoms with van der Waals surface area (Å²) in [7, 11) is 0. The average Bonchev–Trinajstić information content (AvgIpc) is 3.18. The molecule has 1 amide bonds. The Morgan fingerprint density at radius 2 is 2.17 bits per heavy atom. The first-order valence-corrected chi connectivity index (χ1v) is 7.77. The van der Waals surface area contributed by atoms with Crippen LogP contribution in [-0.4, -0.2) is 25.8 Å². The highest BCUT2D eigenvalue weighted by Crippen LogP contribution is 2.12. The second kappa shape index (κ2) is 6.74. The third-order valence-corrected chi connectivity index (χ3v) is 3.62. The Kier molecular flexibility index (Phi) is 4.52. The van der Waals surface area contributed by atoms with Crippen LogP contribution in [0.4, 0.5) is 0 Å². The van der Waals surface area contributed by atoms with Gasteiger partial charge >= 0.3 is 11.8 Å². The van der Waals surface area contributed by atoms with Crippen molar-refractivity contribution in [2.45, 2.75) is 19.5 Å². The monoisotopic (exact) mass is 375 g/mol. The summed E-state index contributed by atoms with van der Waals surface area (Å²) in [5, 5.41) is 10.7. The summed E-state index contributed by atoms with van der Waals surface area (Å²) in [5.41, 5.74) is 1.00. The molecule has 1 aromatic carbocycles. The van der Waals surface area contributed by atoms with E-state index in [1.807, 2.05) is 37.3 Å². The predicted molar refractivity (Wildman–Crippen MR) is 85.7 cm³/mol. The highest BCUT2D eigenvalue weighted by atomic mass is 79.9. The minimum absolute atomic E-state index is 0.0611. The van der Waals surface area contributed by atoms with Crippen molar-refractivity contribution in [1.29, 1.82) is 0 Å². The quantitative estimate of drug-likeness (QED) is 0.740. The Morgan fingerprint density at radius 3 is 2.87 bits per heavy atom. The lowest BCUT2D eigenvalue weighted by Gasteiger charge is -2.12. The number of hydrogen-bond acceptors (Lipinski definition) is 5. The van der Waals surface area contributed by atoms with E-state index in [2.05, 4.69) is 36.5 Å². The number of halogens is 1. The Labute approximate surface area is 140 Å². The van der Waals surface area contributed by atoms with Crippen molar-refractivity contribution in [2.75, 3.05) is 0 Å². The summed E-state index contributed by atoms with van der Waals surface area (Å²) in [6.07, 6.45) is 3.45. The number of carbonyl (C=O) groups is 1. The van der Waals surface area contributed by atoms with Crippen LogP contribution in [0.5, 0.6) is 0 Å². The number of nitrogens with one attached hydrogen (secondary N) is 1. The maximum absolute atomic E-state index is 12.2. The van der Waals surface area contributed by atoms with Crippen molar-refractivity contribution in [2.24, 2.45) is 0 Å². The number of benzene rings is 1. The van der Waals surface area contributed by atoms with Gasteiger partial charge in [-0.1, -0.05) is 35.5 Å². The smallest absolute Gasteiger partial charge is 0.316 e. The minimum Gasteiger partial charge on any atom is -0.341 e. The largest absolute Gasteiger partial charge is 0.341 e. The van der Waals surface area contributed by atoms with E-state index < -0.39 is 5.91 Å². The lowest BCUT2D eigenvalue weighted by molar-refractivity contribution is 0.0895. The predicted octanol–water partition coefficient (Wildman–Crippen LogP) is 2.57. The first-order chi connectivity index (χ1) is 11.1. The van der Waals surface area contributed by atoms with Gasteiger partial charge in [0.05, 0.1) is 16.7 Å². The molecule has 7 nitrogen and oxygen atoms in total. The molecule has 0 spiro atoms. The van der Waals surface area contributed by atoms with Gasteiger partial charge in [0.15, 0.2) is 5.82 Å². The van der Waals surface area contributed by atoms with E-state index in [0.29, 0.717) is 12.4 Å². The molecule has 2 aromatic heterocycles. The number of amides is 1. The van der Waals surface area contributed by atoms with E-state index in [9.17, 15) is 4.79 Å². The zero-order valence-corrected chi connectivity index (χ0v) is 13.9. The van der Waals surface area contributed by atoms with Crippen molar-refractivity contribution in [3.05, 3.63) is 64.5 Å². The summed E-state index contributed by atoms with van der Waals surface area (Å²) in [6.45, 7) is 2.22. The molecule has 8 heteroatoms. The lowest BCUT2D eigenvalue weighted by atomic mass is 10.1. The Morgan fingerprint density at radius 1 is 1.39 bits per heavy atom. The number of rotatable bonds is 5. The first-order valence-electron chi connectivity index (χ1n) is 6.98. The number of hydrogen-bond donors (Lipinski definition) is 1. The second-order valence-corrected chi connectivity index (χ2v) is 5.89. The molecule has 2 heterocycles. The molecule has 0 saturated heterocycles. The van der Waals surface area contributed by atoms with Crippen LogP contribution >= 0.6 is 15.9 Å². The van der Waals surface area contributed by atoms with E-state index in [-0.39, 0.29) is 11.9 Å². The molecule has 118 valence electrons. The second-order valence-electron chi connectivity index (χ2n) is 4.98. The van der Waals surface area contributed by atoms with Crippen molar-refractivity contribution in [1.82, 2.24) is 25.2 Å². The van der Waals surface area contributed by atoms with Crippen LogP contribution in [0.3, 0.4) is 0 Å². The van der Waals surface area contributed by atoms with Gasteiger partial charge in [0.2, 0.25) is 0 Å². The van der Waals surface area contributed by atoms with E-state index >= 15 is 0 Å². The summed E-state index contributed by atoms with van der Waals surface area (Å²) in [6, 6.07) is 9.51. The van der Waals surface area contributed by atoms with E-state index in [0.717, 1.165) is 10.0 Å². The van der Waals surface area contributed by atoms with Gasteiger partial charge in [-0.25, -0.2) is 0 Å². The molecule has 1 N–H and O–H groups in total. The van der Waals surface area contributed by atoms with Crippen molar-refractivity contribution in [3.63, 3.8) is 0 Å². The van der Waals surface area contributed by atoms with Gasteiger partial charge in [0.25, 0.3) is 0 Å². The first kappa shape index (κ1) is 15.4. The zero-order chi connectivity index (χ0) is 16.2. The molecule has 0 radical (unpaired) electrons. The van der Waals surface area contributed by atoms with Gasteiger partial charge in [0, 0.05) is 6.20 Å². The minimum atomic E-state index is -0.401. The van der Waals surface area contributed by atoms with Crippen molar-refractivity contribution >= 4 is 21.8 Å². The van der Waals surface area contributed by atoms with E-state index in [1.165, 1.54) is 0 Å². The molecule has 3 rings (SSSR count). The molecule has 0 saturated carbocycles.